The SMILES string of the molecule is CC(C)C(CCO)Nc1ccc(C(F)(F)F)cc1C(=O)O. The number of anilines is 1. The number of carbonyl (C=O) groups is 1. The predicted octanol–water partition coefficient (Wildman–Crippen LogP) is 3.22. The van der Waals surface area contributed by atoms with Gasteiger partial charge in [0.15, 0.2) is 0 Å². The Morgan fingerprint density at radius 3 is 2.38 bits per heavy atom. The highest BCUT2D eigenvalue weighted by Gasteiger charge is 2.32. The molecule has 1 aromatic carbocycles. The summed E-state index contributed by atoms with van der Waals surface area (Å²) in [6.45, 7) is 3.65. The van der Waals surface area contributed by atoms with Crippen molar-refractivity contribution in [2.45, 2.75) is 32.5 Å². The zero-order chi connectivity index (χ0) is 16.2. The topological polar surface area (TPSA) is 69.6 Å². The molecule has 0 aromatic heterocycles. The van der Waals surface area contributed by atoms with Crippen LogP contribution in [0.1, 0.15) is 36.2 Å². The third-order valence-electron chi connectivity index (χ3n) is 3.16. The molecule has 21 heavy (non-hydrogen) atoms. The summed E-state index contributed by atoms with van der Waals surface area (Å²) < 4.78 is 37.9. The van der Waals surface area contributed by atoms with Crippen LogP contribution in [0.2, 0.25) is 0 Å². The van der Waals surface area contributed by atoms with E-state index in [4.69, 9.17) is 10.2 Å². The molecule has 3 N–H and O–H groups in total. The van der Waals surface area contributed by atoms with Gasteiger partial charge in [-0.3, -0.25) is 0 Å². The Morgan fingerprint density at radius 1 is 1.33 bits per heavy atom. The second-order valence-corrected chi connectivity index (χ2v) is 5.07. The zero-order valence-electron chi connectivity index (χ0n) is 11.7. The maximum Gasteiger partial charge on any atom is 0.416 e. The molecule has 0 fully saturated rings. The number of alkyl halides is 3. The van der Waals surface area contributed by atoms with Crippen molar-refractivity contribution in [1.29, 1.82) is 0 Å². The number of aliphatic hydroxyl groups is 1. The van der Waals surface area contributed by atoms with Gasteiger partial charge in [-0.15, -0.1) is 0 Å². The van der Waals surface area contributed by atoms with Crippen molar-refractivity contribution in [2.75, 3.05) is 11.9 Å². The molecule has 1 unspecified atom stereocenters. The van der Waals surface area contributed by atoms with Crippen molar-refractivity contribution in [1.82, 2.24) is 0 Å². The molecule has 1 rings (SSSR count). The van der Waals surface area contributed by atoms with Crippen LogP contribution in [0.15, 0.2) is 18.2 Å². The average Bonchev–Trinajstić information content (AvgIpc) is 2.36. The summed E-state index contributed by atoms with van der Waals surface area (Å²) in [6.07, 6.45) is -4.22. The highest BCUT2D eigenvalue weighted by molar-refractivity contribution is 5.94. The zero-order valence-corrected chi connectivity index (χ0v) is 11.7. The van der Waals surface area contributed by atoms with Gasteiger partial charge in [-0.1, -0.05) is 13.8 Å². The number of benzene rings is 1. The number of aliphatic hydroxyl groups excluding tert-OH is 1. The molecule has 118 valence electrons. The molecule has 4 nitrogen and oxygen atoms in total. The van der Waals surface area contributed by atoms with E-state index < -0.39 is 23.3 Å². The number of hydrogen-bond acceptors (Lipinski definition) is 3. The summed E-state index contributed by atoms with van der Waals surface area (Å²) >= 11 is 0. The predicted molar refractivity (Wildman–Crippen MR) is 72.4 cm³/mol. The van der Waals surface area contributed by atoms with Crippen LogP contribution in [-0.2, 0) is 6.18 Å². The molecule has 7 heteroatoms. The Balaban J connectivity index is 3.15. The lowest BCUT2D eigenvalue weighted by atomic mass is 9.99. The van der Waals surface area contributed by atoms with Crippen LogP contribution in [0, 0.1) is 5.92 Å². The number of nitrogens with one attached hydrogen (secondary N) is 1. The lowest BCUT2D eigenvalue weighted by Gasteiger charge is -2.24. The molecule has 0 saturated heterocycles. The van der Waals surface area contributed by atoms with Gasteiger partial charge in [0.1, 0.15) is 0 Å². The number of aromatic carboxylic acids is 1. The van der Waals surface area contributed by atoms with E-state index in [9.17, 15) is 18.0 Å². The van der Waals surface area contributed by atoms with Crippen LogP contribution in [0.3, 0.4) is 0 Å². The molecule has 1 atom stereocenters. The van der Waals surface area contributed by atoms with Crippen LogP contribution >= 0.6 is 0 Å². The maximum atomic E-state index is 12.6. The van der Waals surface area contributed by atoms with Crippen molar-refractivity contribution in [3.63, 3.8) is 0 Å². The van der Waals surface area contributed by atoms with E-state index in [0.29, 0.717) is 12.5 Å². The second kappa shape index (κ2) is 6.80. The highest BCUT2D eigenvalue weighted by atomic mass is 19.4. The monoisotopic (exact) mass is 305 g/mol. The molecule has 0 amide bonds. The Kier molecular flexibility index (Phi) is 5.60. The van der Waals surface area contributed by atoms with Gasteiger partial charge in [0, 0.05) is 18.3 Å². The van der Waals surface area contributed by atoms with Gasteiger partial charge in [0.2, 0.25) is 0 Å². The van der Waals surface area contributed by atoms with Gasteiger partial charge in [0.25, 0.3) is 0 Å². The van der Waals surface area contributed by atoms with Crippen LogP contribution in [0.4, 0.5) is 18.9 Å². The van der Waals surface area contributed by atoms with Crippen LogP contribution in [0.25, 0.3) is 0 Å². The fraction of sp³-hybridized carbons (Fsp3) is 0.500. The Bertz CT molecular complexity index is 501. The fourth-order valence-corrected chi connectivity index (χ4v) is 1.93. The van der Waals surface area contributed by atoms with E-state index in [0.717, 1.165) is 12.1 Å². The molecule has 0 radical (unpaired) electrons. The molecule has 1 aromatic rings. The van der Waals surface area contributed by atoms with Crippen molar-refractivity contribution in [3.8, 4) is 0 Å². The van der Waals surface area contributed by atoms with E-state index in [1.807, 2.05) is 13.8 Å². The Labute approximate surface area is 120 Å². The number of halogens is 3. The first kappa shape index (κ1) is 17.3. The summed E-state index contributed by atoms with van der Waals surface area (Å²) in [5, 5.41) is 21.0. The number of carboxylic acid groups (broad SMARTS) is 1. The molecular weight excluding hydrogens is 287 g/mol. The number of carboxylic acids is 1. The third-order valence-corrected chi connectivity index (χ3v) is 3.16. The molecule has 0 aliphatic rings. The van der Waals surface area contributed by atoms with E-state index >= 15 is 0 Å². The number of hydrogen-bond donors (Lipinski definition) is 3. The highest BCUT2D eigenvalue weighted by Crippen LogP contribution is 2.32. The quantitative estimate of drug-likeness (QED) is 0.755. The van der Waals surface area contributed by atoms with E-state index in [-0.39, 0.29) is 24.3 Å². The van der Waals surface area contributed by atoms with Crippen LogP contribution in [-0.4, -0.2) is 28.8 Å². The smallest absolute Gasteiger partial charge is 0.416 e. The van der Waals surface area contributed by atoms with Crippen molar-refractivity contribution in [3.05, 3.63) is 29.3 Å². The molecule has 0 spiro atoms. The minimum Gasteiger partial charge on any atom is -0.478 e. The fourth-order valence-electron chi connectivity index (χ4n) is 1.93. The van der Waals surface area contributed by atoms with E-state index in [1.54, 1.807) is 0 Å². The van der Waals surface area contributed by atoms with Gasteiger partial charge in [-0.2, -0.15) is 13.2 Å². The largest absolute Gasteiger partial charge is 0.478 e. The molecular formula is C14H18F3NO3. The normalized spacial score (nSPS) is 13.3. The Hall–Kier alpha value is -1.76. The lowest BCUT2D eigenvalue weighted by Crippen LogP contribution is -2.28. The summed E-state index contributed by atoms with van der Waals surface area (Å²) in [7, 11) is 0. The standard InChI is InChI=1S/C14H18F3NO3/c1-8(2)11(5-6-19)18-12-4-3-9(14(15,16)17)7-10(12)13(20)21/h3-4,7-8,11,18-19H,5-6H2,1-2H3,(H,20,21). The van der Waals surface area contributed by atoms with Crippen LogP contribution < -0.4 is 5.32 Å². The Morgan fingerprint density at radius 2 is 1.95 bits per heavy atom. The van der Waals surface area contributed by atoms with Gasteiger partial charge in [0.05, 0.1) is 11.1 Å². The molecule has 0 heterocycles. The lowest BCUT2D eigenvalue weighted by molar-refractivity contribution is -0.137. The first-order valence-corrected chi connectivity index (χ1v) is 6.48. The van der Waals surface area contributed by atoms with Gasteiger partial charge < -0.3 is 15.5 Å². The van der Waals surface area contributed by atoms with Gasteiger partial charge in [-0.05, 0) is 30.5 Å². The number of rotatable bonds is 6. The van der Waals surface area contributed by atoms with E-state index in [1.165, 1.54) is 0 Å². The first-order chi connectivity index (χ1) is 9.66. The minimum absolute atomic E-state index is 0.0843. The van der Waals surface area contributed by atoms with Crippen molar-refractivity contribution >= 4 is 11.7 Å². The van der Waals surface area contributed by atoms with Gasteiger partial charge in [-0.25, -0.2) is 4.79 Å². The summed E-state index contributed by atoms with van der Waals surface area (Å²) in [5.41, 5.74) is -1.33. The van der Waals surface area contributed by atoms with Crippen molar-refractivity contribution in [2.24, 2.45) is 5.92 Å². The third kappa shape index (κ3) is 4.63. The summed E-state index contributed by atoms with van der Waals surface area (Å²) in [5.74, 6) is -1.35. The molecule has 0 saturated carbocycles. The summed E-state index contributed by atoms with van der Waals surface area (Å²) in [6, 6.07) is 2.33. The summed E-state index contributed by atoms with van der Waals surface area (Å²) in [4.78, 5) is 11.2. The average molecular weight is 305 g/mol. The first-order valence-electron chi connectivity index (χ1n) is 6.48. The van der Waals surface area contributed by atoms with Crippen molar-refractivity contribution < 1.29 is 28.2 Å². The van der Waals surface area contributed by atoms with E-state index in [2.05, 4.69) is 5.32 Å². The second-order valence-electron chi connectivity index (χ2n) is 5.07. The maximum absolute atomic E-state index is 12.6. The minimum atomic E-state index is -4.59. The molecule has 0 aliphatic heterocycles. The van der Waals surface area contributed by atoms with Gasteiger partial charge >= 0.3 is 12.1 Å². The molecule has 0 aliphatic carbocycles. The molecule has 0 bridgehead atoms. The van der Waals surface area contributed by atoms with Crippen LogP contribution in [0.5, 0.6) is 0 Å².